The fourth-order valence-corrected chi connectivity index (χ4v) is 3.10. The molecule has 1 atom stereocenters. The summed E-state index contributed by atoms with van der Waals surface area (Å²) in [5.41, 5.74) is 4.96. The van der Waals surface area contributed by atoms with Crippen molar-refractivity contribution in [3.63, 3.8) is 0 Å². The van der Waals surface area contributed by atoms with Crippen LogP contribution in [0.25, 0.3) is 0 Å². The van der Waals surface area contributed by atoms with Crippen LogP contribution in [-0.4, -0.2) is 25.5 Å². The summed E-state index contributed by atoms with van der Waals surface area (Å²) >= 11 is 6.56. The fourth-order valence-electron chi connectivity index (χ4n) is 2.82. The summed E-state index contributed by atoms with van der Waals surface area (Å²) in [5, 5.41) is 4.53. The largest absolute Gasteiger partial charge is 0.487 e. The van der Waals surface area contributed by atoms with Crippen LogP contribution >= 0.6 is 11.6 Å². The third kappa shape index (κ3) is 4.59. The first-order valence-corrected chi connectivity index (χ1v) is 8.95. The second-order valence-corrected chi connectivity index (χ2v) is 6.59. The van der Waals surface area contributed by atoms with Crippen molar-refractivity contribution in [2.45, 2.75) is 20.0 Å². The zero-order valence-corrected chi connectivity index (χ0v) is 16.0. The van der Waals surface area contributed by atoms with Gasteiger partial charge in [0.25, 0.3) is 0 Å². The average molecular weight is 389 g/mol. The van der Waals surface area contributed by atoms with Crippen LogP contribution < -0.4 is 14.9 Å². The monoisotopic (exact) mass is 388 g/mol. The normalized spacial score (nSPS) is 16.5. The zero-order chi connectivity index (χ0) is 19.2. The molecule has 0 fully saturated rings. The SMILES string of the molecule is COCOc1c(C2=NNC(=O)CC2C)ccc(OCc2ccccc2)c1Cl. The molecule has 0 aliphatic carbocycles. The minimum Gasteiger partial charge on any atom is -0.487 e. The molecule has 1 unspecified atom stereocenters. The first-order chi connectivity index (χ1) is 13.1. The molecule has 0 saturated carbocycles. The van der Waals surface area contributed by atoms with Gasteiger partial charge in [0.2, 0.25) is 5.91 Å². The number of hydrazone groups is 1. The summed E-state index contributed by atoms with van der Waals surface area (Å²) in [4.78, 5) is 11.5. The van der Waals surface area contributed by atoms with Crippen LogP contribution in [0.15, 0.2) is 47.6 Å². The number of halogens is 1. The molecule has 0 spiro atoms. The van der Waals surface area contributed by atoms with Gasteiger partial charge in [-0.15, -0.1) is 0 Å². The van der Waals surface area contributed by atoms with Gasteiger partial charge < -0.3 is 14.2 Å². The Labute approximate surface area is 163 Å². The maximum atomic E-state index is 11.5. The van der Waals surface area contributed by atoms with Crippen LogP contribution in [0.4, 0.5) is 0 Å². The van der Waals surface area contributed by atoms with E-state index in [1.165, 1.54) is 7.11 Å². The van der Waals surface area contributed by atoms with Crippen LogP contribution in [0, 0.1) is 5.92 Å². The molecule has 2 aromatic carbocycles. The Balaban J connectivity index is 1.90. The Morgan fingerprint density at radius 2 is 1.96 bits per heavy atom. The van der Waals surface area contributed by atoms with E-state index in [0.29, 0.717) is 40.8 Å². The Morgan fingerprint density at radius 1 is 1.19 bits per heavy atom. The predicted octanol–water partition coefficient (Wildman–Crippen LogP) is 3.76. The van der Waals surface area contributed by atoms with E-state index >= 15 is 0 Å². The highest BCUT2D eigenvalue weighted by atomic mass is 35.5. The fraction of sp³-hybridized carbons (Fsp3) is 0.300. The number of carbonyl (C=O) groups is 1. The highest BCUT2D eigenvalue weighted by molar-refractivity contribution is 6.34. The van der Waals surface area contributed by atoms with Crippen molar-refractivity contribution in [2.75, 3.05) is 13.9 Å². The second kappa shape index (κ2) is 8.88. The van der Waals surface area contributed by atoms with E-state index in [0.717, 1.165) is 5.56 Å². The molecule has 0 saturated heterocycles. The number of amides is 1. The van der Waals surface area contributed by atoms with E-state index in [4.69, 9.17) is 25.8 Å². The van der Waals surface area contributed by atoms with Crippen molar-refractivity contribution in [2.24, 2.45) is 11.0 Å². The van der Waals surface area contributed by atoms with Gasteiger partial charge in [0.05, 0.1) is 5.71 Å². The molecule has 0 radical (unpaired) electrons. The van der Waals surface area contributed by atoms with Crippen LogP contribution in [0.2, 0.25) is 5.02 Å². The Hall–Kier alpha value is -2.57. The lowest BCUT2D eigenvalue weighted by molar-refractivity contribution is -0.121. The Bertz CT molecular complexity index is 839. The smallest absolute Gasteiger partial charge is 0.240 e. The van der Waals surface area contributed by atoms with Gasteiger partial charge in [0, 0.05) is 25.0 Å². The summed E-state index contributed by atoms with van der Waals surface area (Å²) in [6.07, 6.45) is 0.354. The van der Waals surface area contributed by atoms with Crippen molar-refractivity contribution in [3.05, 3.63) is 58.6 Å². The summed E-state index contributed by atoms with van der Waals surface area (Å²) in [7, 11) is 1.53. The van der Waals surface area contributed by atoms with E-state index in [9.17, 15) is 4.79 Å². The van der Waals surface area contributed by atoms with Crippen molar-refractivity contribution in [3.8, 4) is 11.5 Å². The molecule has 0 bridgehead atoms. The van der Waals surface area contributed by atoms with Gasteiger partial charge in [-0.05, 0) is 17.7 Å². The molecule has 1 N–H and O–H groups in total. The molecular weight excluding hydrogens is 368 g/mol. The number of rotatable bonds is 7. The second-order valence-electron chi connectivity index (χ2n) is 6.22. The number of hydrogen-bond acceptors (Lipinski definition) is 5. The molecule has 2 aromatic rings. The molecule has 27 heavy (non-hydrogen) atoms. The lowest BCUT2D eigenvalue weighted by Gasteiger charge is -2.22. The summed E-state index contributed by atoms with van der Waals surface area (Å²) < 4.78 is 16.6. The number of methoxy groups -OCH3 is 1. The first kappa shape index (κ1) is 19.2. The number of hydrogen-bond donors (Lipinski definition) is 1. The average Bonchev–Trinajstić information content (AvgIpc) is 2.67. The summed E-state index contributed by atoms with van der Waals surface area (Å²) in [5.74, 6) is 0.754. The van der Waals surface area contributed by atoms with Gasteiger partial charge in [0.1, 0.15) is 17.4 Å². The van der Waals surface area contributed by atoms with Crippen molar-refractivity contribution in [1.82, 2.24) is 5.43 Å². The van der Waals surface area contributed by atoms with Crippen LogP contribution in [0.5, 0.6) is 11.5 Å². The number of ether oxygens (including phenoxy) is 3. The highest BCUT2D eigenvalue weighted by Gasteiger charge is 2.26. The molecule has 3 rings (SSSR count). The Morgan fingerprint density at radius 3 is 2.67 bits per heavy atom. The van der Waals surface area contributed by atoms with Crippen LogP contribution in [-0.2, 0) is 16.1 Å². The molecule has 142 valence electrons. The van der Waals surface area contributed by atoms with E-state index in [1.807, 2.05) is 43.3 Å². The van der Waals surface area contributed by atoms with E-state index in [-0.39, 0.29) is 18.6 Å². The summed E-state index contributed by atoms with van der Waals surface area (Å²) in [6.45, 7) is 2.35. The molecule has 6 nitrogen and oxygen atoms in total. The van der Waals surface area contributed by atoms with E-state index in [1.54, 1.807) is 6.07 Å². The van der Waals surface area contributed by atoms with Crippen LogP contribution in [0.1, 0.15) is 24.5 Å². The zero-order valence-electron chi connectivity index (χ0n) is 15.2. The van der Waals surface area contributed by atoms with Gasteiger partial charge in [0.15, 0.2) is 12.5 Å². The van der Waals surface area contributed by atoms with Crippen LogP contribution in [0.3, 0.4) is 0 Å². The lowest BCUT2D eigenvalue weighted by atomic mass is 9.93. The molecule has 7 heteroatoms. The predicted molar refractivity (Wildman–Crippen MR) is 103 cm³/mol. The quantitative estimate of drug-likeness (QED) is 0.733. The standard InChI is InChI=1S/C20H21ClN2O4/c1-13-10-17(24)22-23-19(13)15-8-9-16(18(21)20(15)27-12-25-2)26-11-14-6-4-3-5-7-14/h3-9,13H,10-12H2,1-2H3,(H,22,24). The summed E-state index contributed by atoms with van der Waals surface area (Å²) in [6, 6.07) is 13.4. The van der Waals surface area contributed by atoms with E-state index in [2.05, 4.69) is 10.5 Å². The minimum atomic E-state index is -0.112. The minimum absolute atomic E-state index is 0.0306. The third-order valence-electron chi connectivity index (χ3n) is 4.16. The highest BCUT2D eigenvalue weighted by Crippen LogP contribution is 2.39. The van der Waals surface area contributed by atoms with Crippen molar-refractivity contribution < 1.29 is 19.0 Å². The van der Waals surface area contributed by atoms with E-state index < -0.39 is 0 Å². The molecule has 0 aromatic heterocycles. The number of nitrogens with one attached hydrogen (secondary N) is 1. The molecular formula is C20H21ClN2O4. The van der Waals surface area contributed by atoms with Crippen molar-refractivity contribution in [1.29, 1.82) is 0 Å². The van der Waals surface area contributed by atoms with Gasteiger partial charge in [-0.3, -0.25) is 4.79 Å². The number of carbonyl (C=O) groups excluding carboxylic acids is 1. The lowest BCUT2D eigenvalue weighted by Crippen LogP contribution is -2.32. The number of benzene rings is 2. The van der Waals surface area contributed by atoms with Gasteiger partial charge >= 0.3 is 0 Å². The van der Waals surface area contributed by atoms with Gasteiger partial charge in [-0.1, -0.05) is 48.9 Å². The van der Waals surface area contributed by atoms with Crippen molar-refractivity contribution >= 4 is 23.2 Å². The number of nitrogens with zero attached hydrogens (tertiary/aromatic N) is 1. The first-order valence-electron chi connectivity index (χ1n) is 8.58. The van der Waals surface area contributed by atoms with Gasteiger partial charge in [-0.25, -0.2) is 5.43 Å². The molecule has 1 aliphatic heterocycles. The topological polar surface area (TPSA) is 69.2 Å². The molecule has 1 aliphatic rings. The Kier molecular flexibility index (Phi) is 6.32. The van der Waals surface area contributed by atoms with Gasteiger partial charge in [-0.2, -0.15) is 5.10 Å². The maximum absolute atomic E-state index is 11.5. The maximum Gasteiger partial charge on any atom is 0.240 e. The third-order valence-corrected chi connectivity index (χ3v) is 4.51. The molecule has 1 heterocycles. The molecule has 1 amide bonds.